The molecule has 1 aromatic rings. The summed E-state index contributed by atoms with van der Waals surface area (Å²) in [5.74, 6) is 0. The highest BCUT2D eigenvalue weighted by Gasteiger charge is 1.86. The maximum absolute atomic E-state index is 6.93. The second-order valence-electron chi connectivity index (χ2n) is 1.06. The molecule has 1 heterocycles. The second kappa shape index (κ2) is 1.50. The van der Waals surface area contributed by atoms with Gasteiger partial charge in [0.1, 0.15) is 0 Å². The van der Waals surface area contributed by atoms with Crippen molar-refractivity contribution in [3.8, 4) is 0 Å². The van der Waals surface area contributed by atoms with Gasteiger partial charge in [0.2, 0.25) is 0 Å². The predicted molar refractivity (Wildman–Crippen MR) is 31.3 cm³/mol. The number of aromatic nitrogens is 1. The highest BCUT2D eigenvalue weighted by atomic mass is 32.1. The van der Waals surface area contributed by atoms with Crippen molar-refractivity contribution in [1.82, 2.24) is 4.98 Å². The van der Waals surface area contributed by atoms with Gasteiger partial charge in [-0.25, -0.2) is 4.98 Å². The maximum Gasteiger partial charge on any atom is 0.180 e. The van der Waals surface area contributed by atoms with Crippen molar-refractivity contribution in [3.05, 3.63) is 11.1 Å². The number of hydrogen-bond donors (Lipinski definition) is 1. The van der Waals surface area contributed by atoms with Crippen LogP contribution in [0.5, 0.6) is 0 Å². The van der Waals surface area contributed by atoms with Gasteiger partial charge in [-0.3, -0.25) is 0 Å². The minimum atomic E-state index is -2.06. The number of thiazole rings is 1. The third-order valence-electron chi connectivity index (χ3n) is 0.524. The first kappa shape index (κ1) is 2.13. The van der Waals surface area contributed by atoms with E-state index in [0.717, 1.165) is 11.3 Å². The Kier molecular flexibility index (Phi) is 0.457. The minimum absolute atomic E-state index is 0.241. The van der Waals surface area contributed by atoms with E-state index < -0.39 is 6.85 Å². The molecule has 0 spiro atoms. The molecule has 0 aromatic carbocycles. The van der Waals surface area contributed by atoms with Crippen LogP contribution in [0.25, 0.3) is 0 Å². The van der Waals surface area contributed by atoms with Crippen LogP contribution in [0.4, 0.5) is 5.13 Å². The Morgan fingerprint density at radius 2 is 3.00 bits per heavy atom. The van der Waals surface area contributed by atoms with E-state index in [0.29, 0.717) is 5.13 Å². The van der Waals surface area contributed by atoms with E-state index in [1.807, 2.05) is 0 Å². The molecule has 0 saturated heterocycles. The van der Waals surface area contributed by atoms with Gasteiger partial charge in [-0.1, -0.05) is 0 Å². The van der Waals surface area contributed by atoms with Crippen LogP contribution in [0.1, 0.15) is 8.99 Å². The lowest BCUT2D eigenvalue weighted by atomic mass is 10.7. The van der Waals surface area contributed by atoms with Crippen molar-refractivity contribution in [2.24, 2.45) is 0 Å². The van der Waals surface area contributed by atoms with Crippen LogP contribution in [0.15, 0.2) is 6.20 Å². The van der Waals surface area contributed by atoms with Crippen molar-refractivity contribution < 1.29 is 4.11 Å². The lowest BCUT2D eigenvalue weighted by molar-refractivity contribution is 1.39. The molecule has 0 saturated carbocycles. The summed E-state index contributed by atoms with van der Waals surface area (Å²) in [6, 6.07) is 0. The van der Waals surface area contributed by atoms with Crippen LogP contribution in [0.2, 0.25) is 0 Å². The molecule has 2 nitrogen and oxygen atoms in total. The predicted octanol–water partition coefficient (Wildman–Crippen LogP) is 1.03. The zero-order valence-corrected chi connectivity index (χ0v) is 4.33. The van der Waals surface area contributed by atoms with E-state index in [2.05, 4.69) is 4.98 Å². The molecule has 1 rings (SSSR count). The van der Waals surface area contributed by atoms with E-state index in [4.69, 9.17) is 9.85 Å². The van der Waals surface area contributed by atoms with E-state index in [1.54, 1.807) is 0 Å². The fourth-order valence-corrected chi connectivity index (χ4v) is 0.724. The molecule has 3 heteroatoms. The molecule has 2 N–H and O–H groups in total. The van der Waals surface area contributed by atoms with Crippen LogP contribution >= 0.6 is 11.3 Å². The first-order valence-corrected chi connectivity index (χ1v) is 2.53. The first-order chi connectivity index (χ1) is 4.50. The number of hydrogen-bond acceptors (Lipinski definition) is 3. The molecular formula is C4H6N2S. The summed E-state index contributed by atoms with van der Waals surface area (Å²) in [5, 5.41) is 0.297. The van der Waals surface area contributed by atoms with Crippen LogP contribution in [-0.4, -0.2) is 4.98 Å². The summed E-state index contributed by atoms with van der Waals surface area (Å²) in [4.78, 5) is 3.86. The summed E-state index contributed by atoms with van der Waals surface area (Å²) >= 11 is 0.999. The van der Waals surface area contributed by atoms with Crippen LogP contribution < -0.4 is 5.73 Å². The van der Waals surface area contributed by atoms with Gasteiger partial charge in [-0.15, -0.1) is 11.3 Å². The van der Waals surface area contributed by atoms with Crippen molar-refractivity contribution in [2.75, 3.05) is 5.73 Å². The number of rotatable bonds is 0. The monoisotopic (exact) mass is 117 g/mol. The largest absolute Gasteiger partial charge is 0.375 e. The first-order valence-electron chi connectivity index (χ1n) is 3.22. The molecule has 0 aliphatic rings. The van der Waals surface area contributed by atoms with Gasteiger partial charge in [-0.05, 0) is 6.85 Å². The van der Waals surface area contributed by atoms with Crippen molar-refractivity contribution >= 4 is 16.5 Å². The number of aryl methyl sites for hydroxylation is 1. The molecule has 7 heavy (non-hydrogen) atoms. The fraction of sp³-hybridized carbons (Fsp3) is 0.250. The Morgan fingerprint density at radius 3 is 3.29 bits per heavy atom. The maximum atomic E-state index is 6.93. The zero-order chi connectivity index (χ0) is 7.78. The van der Waals surface area contributed by atoms with E-state index >= 15 is 0 Å². The zero-order valence-electron chi connectivity index (χ0n) is 6.51. The average molecular weight is 117 g/mol. The molecule has 0 aliphatic heterocycles. The molecule has 1 aromatic heterocycles. The highest BCUT2D eigenvalue weighted by Crippen LogP contribution is 2.11. The van der Waals surface area contributed by atoms with E-state index in [9.17, 15) is 0 Å². The van der Waals surface area contributed by atoms with Gasteiger partial charge >= 0.3 is 0 Å². The number of nitrogen functional groups attached to an aromatic ring is 1. The number of nitrogens with two attached hydrogens (primary N) is 1. The number of nitrogens with zero attached hydrogens (tertiary/aromatic N) is 1. The normalized spacial score (nSPS) is 17.4. The van der Waals surface area contributed by atoms with E-state index in [1.165, 1.54) is 6.20 Å². The Bertz CT molecular complexity index is 229. The summed E-state index contributed by atoms with van der Waals surface area (Å²) in [7, 11) is 0. The Morgan fingerprint density at radius 1 is 2.14 bits per heavy atom. The Hall–Kier alpha value is -0.570. The molecule has 0 aliphatic carbocycles. The third-order valence-corrected chi connectivity index (χ3v) is 1.16. The van der Waals surface area contributed by atoms with Gasteiger partial charge < -0.3 is 5.73 Å². The van der Waals surface area contributed by atoms with E-state index in [-0.39, 0.29) is 4.88 Å². The fourth-order valence-electron chi connectivity index (χ4n) is 0.288. The van der Waals surface area contributed by atoms with Gasteiger partial charge in [0, 0.05) is 15.2 Å². The summed E-state index contributed by atoms with van der Waals surface area (Å²) < 4.78 is 20.8. The summed E-state index contributed by atoms with van der Waals surface area (Å²) in [5.41, 5.74) is 5.23. The minimum Gasteiger partial charge on any atom is -0.375 e. The number of anilines is 1. The lowest BCUT2D eigenvalue weighted by Gasteiger charge is -1.70. The van der Waals surface area contributed by atoms with Gasteiger partial charge in [-0.2, -0.15) is 0 Å². The molecular weight excluding hydrogens is 108 g/mol. The van der Waals surface area contributed by atoms with Gasteiger partial charge in [0.05, 0.1) is 0 Å². The highest BCUT2D eigenvalue weighted by molar-refractivity contribution is 7.15. The topological polar surface area (TPSA) is 38.9 Å². The Balaban J connectivity index is 2.96. The van der Waals surface area contributed by atoms with Crippen LogP contribution in [-0.2, 0) is 0 Å². The Labute approximate surface area is 50.2 Å². The molecule has 0 bridgehead atoms. The van der Waals surface area contributed by atoms with Crippen LogP contribution in [0.3, 0.4) is 0 Å². The molecule has 0 atom stereocenters. The molecule has 0 radical (unpaired) electrons. The van der Waals surface area contributed by atoms with Gasteiger partial charge in [0.15, 0.2) is 5.13 Å². The SMILES string of the molecule is [2H]C([2H])([2H])c1cnc(N)s1. The molecule has 0 fully saturated rings. The summed E-state index contributed by atoms with van der Waals surface area (Å²) in [6.45, 7) is -2.06. The molecule has 0 unspecified atom stereocenters. The standard InChI is InChI=1S/C4H6N2S/c1-3-2-6-4(5)7-3/h2H,1H3,(H2,5,6)/i1D3. The quantitative estimate of drug-likeness (QED) is 0.551. The molecule has 38 valence electrons. The lowest BCUT2D eigenvalue weighted by Crippen LogP contribution is -1.77. The third kappa shape index (κ3) is 0.899. The second-order valence-corrected chi connectivity index (χ2v) is 2.12. The summed E-state index contributed by atoms with van der Waals surface area (Å²) in [6.07, 6.45) is 1.28. The van der Waals surface area contributed by atoms with Crippen molar-refractivity contribution in [3.63, 3.8) is 0 Å². The van der Waals surface area contributed by atoms with Crippen LogP contribution in [0, 0.1) is 6.85 Å². The average Bonchev–Trinajstić information content (AvgIpc) is 2.11. The van der Waals surface area contributed by atoms with Crippen molar-refractivity contribution in [2.45, 2.75) is 6.85 Å². The van der Waals surface area contributed by atoms with Gasteiger partial charge in [0.25, 0.3) is 0 Å². The van der Waals surface area contributed by atoms with Crippen molar-refractivity contribution in [1.29, 1.82) is 0 Å². The molecule has 0 amide bonds. The smallest absolute Gasteiger partial charge is 0.180 e.